The highest BCUT2D eigenvalue weighted by molar-refractivity contribution is 9.10. The topological polar surface area (TPSA) is 63.9 Å². The standard InChI is InChI=1S/C28H30BrN3O3S/c1-7-35-27(34)24-17(4)30-28-32(25(24)20-11-9-19(10-12-20)16(2)3)26(33)23(36-28)15-18-8-13-22(31(5)6)21(29)14-18/h8-16,25H,7H2,1-6H3/b23-15-/t25-/m1/s1. The van der Waals surface area contributed by atoms with Crippen molar-refractivity contribution in [3.63, 3.8) is 0 Å². The molecule has 1 aromatic heterocycles. The van der Waals surface area contributed by atoms with Crippen LogP contribution in [0.2, 0.25) is 0 Å². The van der Waals surface area contributed by atoms with Crippen molar-refractivity contribution in [2.75, 3.05) is 25.6 Å². The molecule has 36 heavy (non-hydrogen) atoms. The molecule has 0 spiro atoms. The minimum atomic E-state index is -0.605. The van der Waals surface area contributed by atoms with E-state index in [1.807, 2.05) is 55.4 Å². The molecule has 1 aliphatic heterocycles. The van der Waals surface area contributed by atoms with Crippen molar-refractivity contribution in [2.24, 2.45) is 4.99 Å². The highest BCUT2D eigenvalue weighted by atomic mass is 79.9. The Kier molecular flexibility index (Phi) is 7.66. The van der Waals surface area contributed by atoms with Gasteiger partial charge in [0.25, 0.3) is 5.56 Å². The molecule has 0 radical (unpaired) electrons. The SMILES string of the molecule is CCOC(=O)C1=C(C)N=c2s/c(=C\c3ccc(N(C)C)c(Br)c3)c(=O)n2[C@@H]1c1ccc(C(C)C)cc1. The van der Waals surface area contributed by atoms with E-state index >= 15 is 0 Å². The molecule has 188 valence electrons. The molecule has 2 aromatic carbocycles. The summed E-state index contributed by atoms with van der Waals surface area (Å²) in [6.07, 6.45) is 1.87. The third-order valence-corrected chi connectivity index (χ3v) is 7.81. The van der Waals surface area contributed by atoms with Gasteiger partial charge in [0.05, 0.1) is 34.1 Å². The van der Waals surface area contributed by atoms with E-state index < -0.39 is 12.0 Å². The zero-order chi connectivity index (χ0) is 26.1. The van der Waals surface area contributed by atoms with E-state index in [2.05, 4.69) is 46.9 Å². The minimum absolute atomic E-state index is 0.182. The molecule has 3 aromatic rings. The van der Waals surface area contributed by atoms with E-state index in [-0.39, 0.29) is 12.2 Å². The third-order valence-electron chi connectivity index (χ3n) is 6.19. The first-order chi connectivity index (χ1) is 17.1. The van der Waals surface area contributed by atoms with Crippen molar-refractivity contribution >= 4 is 45.0 Å². The predicted molar refractivity (Wildman–Crippen MR) is 149 cm³/mol. The molecule has 4 rings (SSSR count). The molecule has 8 heteroatoms. The van der Waals surface area contributed by atoms with Crippen LogP contribution in [0.15, 0.2) is 68.0 Å². The fourth-order valence-corrected chi connectivity index (χ4v) is 6.09. The van der Waals surface area contributed by atoms with Gasteiger partial charge in [-0.3, -0.25) is 9.36 Å². The van der Waals surface area contributed by atoms with Crippen molar-refractivity contribution in [1.82, 2.24) is 4.57 Å². The lowest BCUT2D eigenvalue weighted by atomic mass is 9.93. The van der Waals surface area contributed by atoms with Gasteiger partial charge in [0.15, 0.2) is 4.80 Å². The molecule has 0 amide bonds. The van der Waals surface area contributed by atoms with Gasteiger partial charge in [0, 0.05) is 18.6 Å². The second-order valence-electron chi connectivity index (χ2n) is 9.23. The summed E-state index contributed by atoms with van der Waals surface area (Å²) in [6, 6.07) is 13.5. The molecule has 0 saturated carbocycles. The first-order valence-electron chi connectivity index (χ1n) is 11.9. The Bertz CT molecular complexity index is 1510. The molecule has 0 aliphatic carbocycles. The van der Waals surface area contributed by atoms with E-state index in [0.717, 1.165) is 21.3 Å². The normalized spacial score (nSPS) is 15.7. The number of benzene rings is 2. The van der Waals surface area contributed by atoms with Gasteiger partial charge >= 0.3 is 5.97 Å². The number of fused-ring (bicyclic) bond motifs is 1. The highest BCUT2D eigenvalue weighted by Crippen LogP contribution is 2.31. The predicted octanol–water partition coefficient (Wildman–Crippen LogP) is 4.75. The van der Waals surface area contributed by atoms with Crippen LogP contribution >= 0.6 is 27.3 Å². The number of esters is 1. The Morgan fingerprint density at radius 3 is 2.50 bits per heavy atom. The number of carbonyl (C=O) groups is 1. The smallest absolute Gasteiger partial charge is 0.338 e. The quantitative estimate of drug-likeness (QED) is 0.403. The monoisotopic (exact) mass is 567 g/mol. The fraction of sp³-hybridized carbons (Fsp3) is 0.321. The Morgan fingerprint density at radius 1 is 1.22 bits per heavy atom. The molecular formula is C28H30BrN3O3S. The minimum Gasteiger partial charge on any atom is -0.463 e. The number of thiazole rings is 1. The highest BCUT2D eigenvalue weighted by Gasteiger charge is 2.33. The summed E-state index contributed by atoms with van der Waals surface area (Å²) in [5, 5.41) is 0. The number of rotatable bonds is 6. The number of halogens is 1. The van der Waals surface area contributed by atoms with Crippen molar-refractivity contribution < 1.29 is 9.53 Å². The maximum Gasteiger partial charge on any atom is 0.338 e. The van der Waals surface area contributed by atoms with E-state index in [9.17, 15) is 9.59 Å². The summed E-state index contributed by atoms with van der Waals surface area (Å²) in [6.45, 7) is 8.09. The van der Waals surface area contributed by atoms with Crippen molar-refractivity contribution in [3.05, 3.63) is 94.6 Å². The Balaban J connectivity index is 1.90. The van der Waals surface area contributed by atoms with Gasteiger partial charge in [-0.05, 0) is 70.6 Å². The second kappa shape index (κ2) is 10.6. The van der Waals surface area contributed by atoms with Crippen molar-refractivity contribution in [3.8, 4) is 0 Å². The van der Waals surface area contributed by atoms with E-state index in [0.29, 0.717) is 26.5 Å². The largest absolute Gasteiger partial charge is 0.463 e. The van der Waals surface area contributed by atoms with Crippen LogP contribution in [0.1, 0.15) is 56.3 Å². The van der Waals surface area contributed by atoms with Gasteiger partial charge in [-0.1, -0.05) is 55.5 Å². The zero-order valence-electron chi connectivity index (χ0n) is 21.3. The number of nitrogens with zero attached hydrogens (tertiary/aromatic N) is 3. The lowest BCUT2D eigenvalue weighted by Gasteiger charge is -2.25. The van der Waals surface area contributed by atoms with Crippen LogP contribution in [0.3, 0.4) is 0 Å². The molecule has 0 saturated heterocycles. The Hall–Kier alpha value is -2.97. The first-order valence-corrected chi connectivity index (χ1v) is 13.5. The van der Waals surface area contributed by atoms with Gasteiger partial charge in [-0.2, -0.15) is 0 Å². The molecule has 1 aliphatic rings. The average molecular weight is 569 g/mol. The molecule has 2 heterocycles. The first kappa shape index (κ1) is 26.1. The summed E-state index contributed by atoms with van der Waals surface area (Å²) in [5.74, 6) is -0.0739. The van der Waals surface area contributed by atoms with Gasteiger partial charge < -0.3 is 9.64 Å². The van der Waals surface area contributed by atoms with Crippen LogP contribution in [0.4, 0.5) is 5.69 Å². The fourth-order valence-electron chi connectivity index (χ4n) is 4.30. The number of carbonyl (C=O) groups excluding carboxylic acids is 1. The average Bonchev–Trinajstić information content (AvgIpc) is 3.12. The molecule has 6 nitrogen and oxygen atoms in total. The van der Waals surface area contributed by atoms with Gasteiger partial charge in [-0.25, -0.2) is 9.79 Å². The van der Waals surface area contributed by atoms with Crippen molar-refractivity contribution in [2.45, 2.75) is 39.7 Å². The maximum atomic E-state index is 13.8. The van der Waals surface area contributed by atoms with Crippen LogP contribution in [0.5, 0.6) is 0 Å². The molecule has 1 atom stereocenters. The molecule has 0 unspecified atom stereocenters. The van der Waals surface area contributed by atoms with Crippen LogP contribution in [-0.4, -0.2) is 31.2 Å². The summed E-state index contributed by atoms with van der Waals surface area (Å²) in [5.41, 5.74) is 4.77. The van der Waals surface area contributed by atoms with E-state index in [4.69, 9.17) is 4.74 Å². The van der Waals surface area contributed by atoms with Gasteiger partial charge in [0.2, 0.25) is 0 Å². The summed E-state index contributed by atoms with van der Waals surface area (Å²) >= 11 is 4.95. The van der Waals surface area contributed by atoms with Crippen LogP contribution in [-0.2, 0) is 9.53 Å². The summed E-state index contributed by atoms with van der Waals surface area (Å²) in [7, 11) is 3.96. The second-order valence-corrected chi connectivity index (χ2v) is 11.1. The number of ether oxygens (including phenoxy) is 1. The number of anilines is 1. The van der Waals surface area contributed by atoms with Crippen LogP contribution in [0, 0.1) is 0 Å². The van der Waals surface area contributed by atoms with Crippen LogP contribution in [0.25, 0.3) is 6.08 Å². The van der Waals surface area contributed by atoms with E-state index in [1.54, 1.807) is 18.4 Å². The number of hydrogen-bond acceptors (Lipinski definition) is 6. The Morgan fingerprint density at radius 2 is 1.92 bits per heavy atom. The number of aromatic nitrogens is 1. The van der Waals surface area contributed by atoms with E-state index in [1.165, 1.54) is 16.9 Å². The van der Waals surface area contributed by atoms with Crippen LogP contribution < -0.4 is 19.8 Å². The molecule has 0 fully saturated rings. The molecule has 0 N–H and O–H groups in total. The zero-order valence-corrected chi connectivity index (χ0v) is 23.7. The number of hydrogen-bond donors (Lipinski definition) is 0. The van der Waals surface area contributed by atoms with Gasteiger partial charge in [-0.15, -0.1) is 0 Å². The Labute approximate surface area is 223 Å². The summed E-state index contributed by atoms with van der Waals surface area (Å²) in [4.78, 5) is 34.0. The van der Waals surface area contributed by atoms with Crippen molar-refractivity contribution in [1.29, 1.82) is 0 Å². The third kappa shape index (κ3) is 4.97. The molecule has 0 bridgehead atoms. The lowest BCUT2D eigenvalue weighted by Crippen LogP contribution is -2.39. The molecular weight excluding hydrogens is 538 g/mol. The maximum absolute atomic E-state index is 13.8. The number of allylic oxidation sites excluding steroid dienone is 1. The summed E-state index contributed by atoms with van der Waals surface area (Å²) < 4.78 is 8.51. The lowest BCUT2D eigenvalue weighted by molar-refractivity contribution is -0.139. The van der Waals surface area contributed by atoms with Gasteiger partial charge in [0.1, 0.15) is 0 Å².